The Bertz CT molecular complexity index is 1100. The van der Waals surface area contributed by atoms with Crippen LogP contribution in [0.2, 0.25) is 0 Å². The zero-order valence-electron chi connectivity index (χ0n) is 17.2. The molecule has 1 amide bonds. The maximum absolute atomic E-state index is 14.7. The first-order valence-corrected chi connectivity index (χ1v) is 11.5. The molecule has 8 rings (SSSR count). The highest BCUT2D eigenvalue weighted by Gasteiger charge is 2.58. The molecule has 5 nitrogen and oxygen atoms in total. The molecule has 0 spiro atoms. The van der Waals surface area contributed by atoms with E-state index in [4.69, 9.17) is 4.74 Å². The van der Waals surface area contributed by atoms with Crippen molar-refractivity contribution in [2.24, 2.45) is 17.8 Å². The summed E-state index contributed by atoms with van der Waals surface area (Å²) in [6.45, 7) is 0. The van der Waals surface area contributed by atoms with Gasteiger partial charge in [0.05, 0.1) is 11.8 Å². The Morgan fingerprint density at radius 3 is 2.74 bits per heavy atom. The Morgan fingerprint density at radius 1 is 1.16 bits per heavy atom. The number of aromatic nitrogens is 2. The number of ether oxygens (including phenoxy) is 1. The second-order valence-electron chi connectivity index (χ2n) is 10.4. The lowest BCUT2D eigenvalue weighted by molar-refractivity contribution is 0.0298. The average molecular weight is 425 g/mol. The highest BCUT2D eigenvalue weighted by atomic mass is 19.1. The number of carbonyl (C=O) groups is 1. The lowest BCUT2D eigenvalue weighted by Gasteiger charge is -2.34. The molecular formula is C24H25F2N3O2. The highest BCUT2D eigenvalue weighted by molar-refractivity contribution is 5.95. The zero-order chi connectivity index (χ0) is 20.9. The van der Waals surface area contributed by atoms with E-state index < -0.39 is 11.6 Å². The van der Waals surface area contributed by atoms with Gasteiger partial charge in [-0.05, 0) is 74.8 Å². The summed E-state index contributed by atoms with van der Waals surface area (Å²) in [5, 5.41) is 8.08. The van der Waals surface area contributed by atoms with Gasteiger partial charge in [-0.15, -0.1) is 0 Å². The van der Waals surface area contributed by atoms with Crippen molar-refractivity contribution >= 4 is 5.91 Å². The molecule has 6 aliphatic rings. The van der Waals surface area contributed by atoms with Crippen LogP contribution in [-0.2, 0) is 11.2 Å². The van der Waals surface area contributed by atoms with Crippen molar-refractivity contribution < 1.29 is 18.3 Å². The first-order chi connectivity index (χ1) is 15.0. The largest absolute Gasteiger partial charge is 0.368 e. The number of carbonyl (C=O) groups excluding carboxylic acids is 1. The van der Waals surface area contributed by atoms with Crippen molar-refractivity contribution in [3.63, 3.8) is 0 Å². The molecule has 162 valence electrons. The Labute approximate surface area is 179 Å². The predicted octanol–water partition coefficient (Wildman–Crippen LogP) is 4.24. The Kier molecular flexibility index (Phi) is 3.63. The fraction of sp³-hybridized carbons (Fsp3) is 0.583. The quantitative estimate of drug-likeness (QED) is 0.801. The van der Waals surface area contributed by atoms with Crippen LogP contribution in [-0.4, -0.2) is 27.3 Å². The van der Waals surface area contributed by atoms with Crippen LogP contribution < -0.4 is 5.32 Å². The minimum Gasteiger partial charge on any atom is -0.368 e. The standard InChI is InChI=1S/C24H25F2N3O2/c25-15-1-3-19(18(26)8-15)29-22(17-9-16-2-4-20(31-16)21(17)28-29)23(30)27-24-10-12-5-13(11-24)7-14(24)6-12/h1,3,8,12-14,16,20H,2,4-7,9-11H2,(H,27,30). The zero-order valence-corrected chi connectivity index (χ0v) is 17.2. The summed E-state index contributed by atoms with van der Waals surface area (Å²) in [6.07, 6.45) is 8.15. The van der Waals surface area contributed by atoms with Gasteiger partial charge in [-0.3, -0.25) is 4.79 Å². The van der Waals surface area contributed by atoms with Crippen LogP contribution in [0.1, 0.15) is 72.8 Å². The van der Waals surface area contributed by atoms with Gasteiger partial charge in [0.25, 0.3) is 5.91 Å². The molecule has 6 bridgehead atoms. The third-order valence-electron chi connectivity index (χ3n) is 8.56. The van der Waals surface area contributed by atoms with E-state index in [9.17, 15) is 13.6 Å². The predicted molar refractivity (Wildman–Crippen MR) is 108 cm³/mol. The normalized spacial score (nSPS) is 36.8. The molecule has 1 N–H and O–H groups in total. The molecule has 2 aliphatic heterocycles. The summed E-state index contributed by atoms with van der Waals surface area (Å²) in [4.78, 5) is 13.8. The molecule has 4 saturated carbocycles. The highest BCUT2D eigenvalue weighted by Crippen LogP contribution is 2.60. The molecule has 1 saturated heterocycles. The fourth-order valence-electron chi connectivity index (χ4n) is 7.56. The number of rotatable bonds is 3. The minimum atomic E-state index is -0.723. The van der Waals surface area contributed by atoms with Crippen molar-refractivity contribution in [1.82, 2.24) is 15.1 Å². The van der Waals surface area contributed by atoms with E-state index in [1.807, 2.05) is 0 Å². The number of nitrogens with one attached hydrogen (secondary N) is 1. The van der Waals surface area contributed by atoms with Gasteiger partial charge >= 0.3 is 0 Å². The van der Waals surface area contributed by atoms with E-state index in [0.717, 1.165) is 54.8 Å². The van der Waals surface area contributed by atoms with E-state index in [1.54, 1.807) is 0 Å². The van der Waals surface area contributed by atoms with Gasteiger partial charge in [0.2, 0.25) is 0 Å². The molecule has 4 atom stereocenters. The maximum atomic E-state index is 14.7. The third-order valence-corrected chi connectivity index (χ3v) is 8.56. The summed E-state index contributed by atoms with van der Waals surface area (Å²) in [5.41, 5.74) is 1.98. The lowest BCUT2D eigenvalue weighted by atomic mass is 9.80. The molecular weight excluding hydrogens is 400 g/mol. The Hall–Kier alpha value is -2.28. The number of fused-ring (bicyclic) bond motifs is 4. The van der Waals surface area contributed by atoms with Crippen molar-refractivity contribution in [2.45, 2.75) is 69.1 Å². The Morgan fingerprint density at radius 2 is 1.97 bits per heavy atom. The topological polar surface area (TPSA) is 56.2 Å². The second-order valence-corrected chi connectivity index (χ2v) is 10.4. The van der Waals surface area contributed by atoms with E-state index >= 15 is 0 Å². The van der Waals surface area contributed by atoms with Crippen molar-refractivity contribution in [3.8, 4) is 5.69 Å². The fourth-order valence-corrected chi connectivity index (χ4v) is 7.56. The van der Waals surface area contributed by atoms with Crippen LogP contribution in [0.25, 0.3) is 5.69 Å². The molecule has 2 aromatic rings. The van der Waals surface area contributed by atoms with Crippen molar-refractivity contribution in [1.29, 1.82) is 0 Å². The number of hydrogen-bond donors (Lipinski definition) is 1. The van der Waals surface area contributed by atoms with Crippen molar-refractivity contribution in [2.75, 3.05) is 0 Å². The SMILES string of the molecule is O=C(NC12CC3CC(CC1C3)C2)c1c2c(nn1-c1ccc(F)cc1F)C1CCC(C2)O1. The average Bonchev–Trinajstić information content (AvgIpc) is 3.41. The smallest absolute Gasteiger partial charge is 0.270 e. The molecule has 0 radical (unpaired) electrons. The summed E-state index contributed by atoms with van der Waals surface area (Å²) in [6, 6.07) is 3.41. The Balaban J connectivity index is 1.33. The number of nitrogens with zero attached hydrogens (tertiary/aromatic N) is 2. The van der Waals surface area contributed by atoms with Gasteiger partial charge in [0, 0.05) is 23.6 Å². The second kappa shape index (κ2) is 6.15. The van der Waals surface area contributed by atoms with Crippen LogP contribution >= 0.6 is 0 Å². The van der Waals surface area contributed by atoms with Crippen LogP contribution in [0.4, 0.5) is 8.78 Å². The number of hydrogen-bond acceptors (Lipinski definition) is 3. The molecule has 31 heavy (non-hydrogen) atoms. The molecule has 1 aromatic carbocycles. The van der Waals surface area contributed by atoms with Crippen LogP contribution in [0.5, 0.6) is 0 Å². The first kappa shape index (κ1) is 18.3. The van der Waals surface area contributed by atoms with Crippen LogP contribution in [0.15, 0.2) is 18.2 Å². The molecule has 4 aliphatic carbocycles. The van der Waals surface area contributed by atoms with Crippen LogP contribution in [0, 0.1) is 29.4 Å². The van der Waals surface area contributed by atoms with Gasteiger partial charge in [-0.2, -0.15) is 5.10 Å². The van der Waals surface area contributed by atoms with Crippen molar-refractivity contribution in [3.05, 3.63) is 46.8 Å². The summed E-state index contributed by atoms with van der Waals surface area (Å²) in [5.74, 6) is 0.440. The minimum absolute atomic E-state index is 0.0799. The van der Waals surface area contributed by atoms with E-state index in [0.29, 0.717) is 18.0 Å². The number of benzene rings is 1. The molecule has 4 unspecified atom stereocenters. The summed E-state index contributed by atoms with van der Waals surface area (Å²) >= 11 is 0. The summed E-state index contributed by atoms with van der Waals surface area (Å²) < 4.78 is 35.7. The number of amides is 1. The molecule has 5 fully saturated rings. The van der Waals surface area contributed by atoms with E-state index in [1.165, 1.54) is 36.1 Å². The number of halogens is 2. The van der Waals surface area contributed by atoms with E-state index in [2.05, 4.69) is 10.4 Å². The summed E-state index contributed by atoms with van der Waals surface area (Å²) in [7, 11) is 0. The van der Waals surface area contributed by atoms with Gasteiger partial charge in [-0.25, -0.2) is 13.5 Å². The van der Waals surface area contributed by atoms with Gasteiger partial charge in [0.1, 0.15) is 23.3 Å². The molecule has 7 heteroatoms. The van der Waals surface area contributed by atoms with Crippen LogP contribution in [0.3, 0.4) is 0 Å². The van der Waals surface area contributed by atoms with Gasteiger partial charge < -0.3 is 10.1 Å². The molecule has 3 heterocycles. The maximum Gasteiger partial charge on any atom is 0.270 e. The van der Waals surface area contributed by atoms with Gasteiger partial charge in [0.15, 0.2) is 5.82 Å². The third kappa shape index (κ3) is 2.55. The first-order valence-electron chi connectivity index (χ1n) is 11.5. The van der Waals surface area contributed by atoms with Gasteiger partial charge in [-0.1, -0.05) is 0 Å². The lowest BCUT2D eigenvalue weighted by Crippen LogP contribution is -2.50. The molecule has 1 aromatic heterocycles. The monoisotopic (exact) mass is 425 g/mol. The van der Waals surface area contributed by atoms with E-state index in [-0.39, 0.29) is 29.3 Å².